The summed E-state index contributed by atoms with van der Waals surface area (Å²) in [4.78, 5) is 16.6. The minimum absolute atomic E-state index is 0.310. The molecule has 0 saturated carbocycles. The third kappa shape index (κ3) is 4.99. The van der Waals surface area contributed by atoms with Crippen molar-refractivity contribution >= 4 is 28.9 Å². The molecule has 0 atom stereocenters. The summed E-state index contributed by atoms with van der Waals surface area (Å²) in [5.74, 6) is 0.241. The summed E-state index contributed by atoms with van der Waals surface area (Å²) in [7, 11) is 1.54. The largest absolute Gasteiger partial charge is 0.495 e. The molecule has 0 radical (unpaired) electrons. The first-order valence-corrected chi connectivity index (χ1v) is 8.83. The van der Waals surface area contributed by atoms with Crippen LogP contribution in [0.15, 0.2) is 60.8 Å². The Labute approximate surface area is 163 Å². The molecule has 0 aliphatic carbocycles. The summed E-state index contributed by atoms with van der Waals surface area (Å²) < 4.78 is 5.11. The van der Waals surface area contributed by atoms with Crippen molar-refractivity contribution < 1.29 is 9.53 Å². The lowest BCUT2D eigenvalue weighted by molar-refractivity contribution is 0.102. The molecule has 3 aromatic rings. The van der Waals surface area contributed by atoms with Gasteiger partial charge in [0.2, 0.25) is 0 Å². The van der Waals surface area contributed by atoms with Gasteiger partial charge in [-0.25, -0.2) is 0 Å². The maximum atomic E-state index is 12.5. The lowest BCUT2D eigenvalue weighted by atomic mass is 10.1. The molecular formula is C21H20ClN3O2. The number of rotatable bonds is 6. The molecule has 3 rings (SSSR count). The highest BCUT2D eigenvalue weighted by molar-refractivity contribution is 6.32. The number of aryl methyl sites for hydroxylation is 1. The van der Waals surface area contributed by atoms with E-state index < -0.39 is 0 Å². The average Bonchev–Trinajstić information content (AvgIpc) is 2.68. The zero-order valence-electron chi connectivity index (χ0n) is 15.1. The number of carbonyl (C=O) groups is 1. The number of nitrogens with zero attached hydrogens (tertiary/aromatic N) is 1. The SMILES string of the molecule is COc1ccc(NC(=O)c2cc(NCc3ccc(C)cc3)ccn2)cc1Cl. The van der Waals surface area contributed by atoms with Gasteiger partial charge in [-0.05, 0) is 42.8 Å². The van der Waals surface area contributed by atoms with Gasteiger partial charge in [0, 0.05) is 24.1 Å². The third-order valence-corrected chi connectivity index (χ3v) is 4.31. The van der Waals surface area contributed by atoms with E-state index in [1.807, 2.05) is 6.07 Å². The quantitative estimate of drug-likeness (QED) is 0.636. The lowest BCUT2D eigenvalue weighted by Gasteiger charge is -2.10. The Morgan fingerprint density at radius 2 is 1.85 bits per heavy atom. The predicted octanol–water partition coefficient (Wildman–Crippen LogP) is 4.92. The maximum absolute atomic E-state index is 12.5. The van der Waals surface area contributed by atoms with E-state index in [2.05, 4.69) is 46.8 Å². The van der Waals surface area contributed by atoms with Crippen molar-refractivity contribution in [3.63, 3.8) is 0 Å². The molecule has 0 unspecified atom stereocenters. The fourth-order valence-corrected chi connectivity index (χ4v) is 2.77. The van der Waals surface area contributed by atoms with E-state index in [9.17, 15) is 4.79 Å². The van der Waals surface area contributed by atoms with E-state index in [-0.39, 0.29) is 5.91 Å². The van der Waals surface area contributed by atoms with Crippen molar-refractivity contribution in [1.29, 1.82) is 0 Å². The van der Waals surface area contributed by atoms with Crippen LogP contribution in [0.3, 0.4) is 0 Å². The van der Waals surface area contributed by atoms with Gasteiger partial charge in [0.25, 0.3) is 5.91 Å². The topological polar surface area (TPSA) is 63.2 Å². The van der Waals surface area contributed by atoms with Gasteiger partial charge < -0.3 is 15.4 Å². The summed E-state index contributed by atoms with van der Waals surface area (Å²) in [5.41, 5.74) is 4.10. The number of hydrogen-bond donors (Lipinski definition) is 2. The monoisotopic (exact) mass is 381 g/mol. The van der Waals surface area contributed by atoms with Crippen LogP contribution in [0.1, 0.15) is 21.6 Å². The molecule has 1 heterocycles. The number of hydrogen-bond acceptors (Lipinski definition) is 4. The molecule has 1 amide bonds. The second-order valence-corrected chi connectivity index (χ2v) is 6.48. The number of ether oxygens (including phenoxy) is 1. The van der Waals surface area contributed by atoms with Crippen LogP contribution >= 0.6 is 11.6 Å². The van der Waals surface area contributed by atoms with Gasteiger partial charge in [-0.3, -0.25) is 9.78 Å². The number of anilines is 2. The summed E-state index contributed by atoms with van der Waals surface area (Å²) in [6.07, 6.45) is 1.60. The van der Waals surface area contributed by atoms with E-state index in [1.54, 1.807) is 37.6 Å². The number of halogens is 1. The van der Waals surface area contributed by atoms with Crippen molar-refractivity contribution in [2.75, 3.05) is 17.7 Å². The van der Waals surface area contributed by atoms with Crippen LogP contribution < -0.4 is 15.4 Å². The van der Waals surface area contributed by atoms with E-state index >= 15 is 0 Å². The Balaban J connectivity index is 1.66. The summed E-state index contributed by atoms with van der Waals surface area (Å²) in [5, 5.41) is 6.52. The fraction of sp³-hybridized carbons (Fsp3) is 0.143. The second-order valence-electron chi connectivity index (χ2n) is 6.07. The van der Waals surface area contributed by atoms with Crippen LogP contribution in [-0.4, -0.2) is 18.0 Å². The van der Waals surface area contributed by atoms with Gasteiger partial charge >= 0.3 is 0 Å². The minimum Gasteiger partial charge on any atom is -0.495 e. The number of aromatic nitrogens is 1. The zero-order valence-corrected chi connectivity index (χ0v) is 15.9. The molecule has 0 aliphatic rings. The smallest absolute Gasteiger partial charge is 0.274 e. The Morgan fingerprint density at radius 3 is 2.56 bits per heavy atom. The molecular weight excluding hydrogens is 362 g/mol. The Morgan fingerprint density at radius 1 is 1.07 bits per heavy atom. The highest BCUT2D eigenvalue weighted by Crippen LogP contribution is 2.27. The first-order valence-electron chi connectivity index (χ1n) is 8.45. The first kappa shape index (κ1) is 18.7. The molecule has 0 fully saturated rings. The molecule has 6 heteroatoms. The number of pyridine rings is 1. The fourth-order valence-electron chi connectivity index (χ4n) is 2.51. The molecule has 5 nitrogen and oxygen atoms in total. The van der Waals surface area contributed by atoms with Crippen molar-refractivity contribution in [3.8, 4) is 5.75 Å². The minimum atomic E-state index is -0.310. The zero-order chi connectivity index (χ0) is 19.2. The number of carbonyl (C=O) groups excluding carboxylic acids is 1. The second kappa shape index (κ2) is 8.56. The Kier molecular flexibility index (Phi) is 5.94. The molecule has 138 valence electrons. The van der Waals surface area contributed by atoms with Crippen molar-refractivity contribution in [3.05, 3.63) is 82.6 Å². The summed E-state index contributed by atoms with van der Waals surface area (Å²) >= 11 is 6.09. The molecule has 0 aliphatic heterocycles. The van der Waals surface area contributed by atoms with Crippen LogP contribution in [0.25, 0.3) is 0 Å². The highest BCUT2D eigenvalue weighted by Gasteiger charge is 2.10. The number of nitrogens with one attached hydrogen (secondary N) is 2. The van der Waals surface area contributed by atoms with Gasteiger partial charge in [-0.1, -0.05) is 41.4 Å². The van der Waals surface area contributed by atoms with E-state index in [0.717, 1.165) is 11.3 Å². The Bertz CT molecular complexity index is 942. The lowest BCUT2D eigenvalue weighted by Crippen LogP contribution is -2.14. The maximum Gasteiger partial charge on any atom is 0.274 e. The van der Waals surface area contributed by atoms with Crippen LogP contribution in [0.5, 0.6) is 5.75 Å². The number of amides is 1. The summed E-state index contributed by atoms with van der Waals surface area (Å²) in [6, 6.07) is 16.9. The highest BCUT2D eigenvalue weighted by atomic mass is 35.5. The molecule has 0 saturated heterocycles. The number of benzene rings is 2. The van der Waals surface area contributed by atoms with Crippen LogP contribution in [0, 0.1) is 6.92 Å². The van der Waals surface area contributed by atoms with E-state index in [0.29, 0.717) is 28.7 Å². The third-order valence-electron chi connectivity index (χ3n) is 4.02. The predicted molar refractivity (Wildman–Crippen MR) is 109 cm³/mol. The average molecular weight is 382 g/mol. The van der Waals surface area contributed by atoms with Gasteiger partial charge in [0.15, 0.2) is 0 Å². The number of methoxy groups -OCH3 is 1. The van der Waals surface area contributed by atoms with Crippen molar-refractivity contribution in [2.45, 2.75) is 13.5 Å². The van der Waals surface area contributed by atoms with Crippen LogP contribution in [-0.2, 0) is 6.54 Å². The summed E-state index contributed by atoms with van der Waals surface area (Å²) in [6.45, 7) is 2.72. The molecule has 27 heavy (non-hydrogen) atoms. The van der Waals surface area contributed by atoms with Crippen molar-refractivity contribution in [2.24, 2.45) is 0 Å². The normalized spacial score (nSPS) is 10.3. The molecule has 0 spiro atoms. The van der Waals surface area contributed by atoms with E-state index in [1.165, 1.54) is 5.56 Å². The Hall–Kier alpha value is -3.05. The van der Waals surface area contributed by atoms with Crippen LogP contribution in [0.4, 0.5) is 11.4 Å². The van der Waals surface area contributed by atoms with Gasteiger partial charge in [0.05, 0.1) is 12.1 Å². The van der Waals surface area contributed by atoms with Crippen LogP contribution in [0.2, 0.25) is 5.02 Å². The van der Waals surface area contributed by atoms with Gasteiger partial charge in [-0.2, -0.15) is 0 Å². The van der Waals surface area contributed by atoms with Gasteiger partial charge in [0.1, 0.15) is 11.4 Å². The molecule has 2 N–H and O–H groups in total. The van der Waals surface area contributed by atoms with E-state index in [4.69, 9.17) is 16.3 Å². The van der Waals surface area contributed by atoms with Crippen molar-refractivity contribution in [1.82, 2.24) is 4.98 Å². The molecule has 2 aromatic carbocycles. The standard InChI is InChI=1S/C21H20ClN3O2/c1-14-3-5-15(6-4-14)13-24-16-9-10-23-19(12-16)21(26)25-17-7-8-20(27-2)18(22)11-17/h3-12H,13H2,1-2H3,(H,23,24)(H,25,26). The molecule has 1 aromatic heterocycles. The molecule has 0 bridgehead atoms. The van der Waals surface area contributed by atoms with Gasteiger partial charge in [-0.15, -0.1) is 0 Å². The first-order chi connectivity index (χ1) is 13.0.